The Kier molecular flexibility index (Phi) is 5.13. The molecule has 3 aromatic rings. The van der Waals surface area contributed by atoms with E-state index in [0.717, 1.165) is 22.9 Å². The van der Waals surface area contributed by atoms with E-state index >= 15 is 0 Å². The topological polar surface area (TPSA) is 99.1 Å². The summed E-state index contributed by atoms with van der Waals surface area (Å²) in [6, 6.07) is 11.6. The number of non-ortho nitro benzene ring substituents is 1. The first-order valence-corrected chi connectivity index (χ1v) is 8.74. The van der Waals surface area contributed by atoms with Gasteiger partial charge in [-0.25, -0.2) is 0 Å². The van der Waals surface area contributed by atoms with Crippen molar-refractivity contribution in [3.8, 4) is 11.5 Å². The molecule has 0 bridgehead atoms. The van der Waals surface area contributed by atoms with Gasteiger partial charge in [-0.3, -0.25) is 14.9 Å². The van der Waals surface area contributed by atoms with Crippen LogP contribution in [0.25, 0.3) is 11.5 Å². The quantitative estimate of drug-likeness (QED) is 0.277. The minimum absolute atomic E-state index is 0.0254. The van der Waals surface area contributed by atoms with Gasteiger partial charge in [0.25, 0.3) is 10.9 Å². The van der Waals surface area contributed by atoms with Crippen molar-refractivity contribution in [2.45, 2.75) is 19.1 Å². The van der Waals surface area contributed by atoms with E-state index in [-0.39, 0.29) is 28.3 Å². The van der Waals surface area contributed by atoms with Gasteiger partial charge >= 0.3 is 0 Å². The van der Waals surface area contributed by atoms with Crippen LogP contribution in [0.1, 0.15) is 21.5 Å². The zero-order chi connectivity index (χ0) is 18.7. The predicted octanol–water partition coefficient (Wildman–Crippen LogP) is 4.24. The van der Waals surface area contributed by atoms with Gasteiger partial charge in [0.2, 0.25) is 5.89 Å². The van der Waals surface area contributed by atoms with E-state index < -0.39 is 4.92 Å². The lowest BCUT2D eigenvalue weighted by atomic mass is 10.0. The molecule has 8 heteroatoms. The third-order valence-electron chi connectivity index (χ3n) is 3.72. The number of nitro benzene ring substituents is 1. The van der Waals surface area contributed by atoms with Crippen molar-refractivity contribution in [2.75, 3.05) is 5.75 Å². The standard InChI is InChI=1S/C18H15N3O4S/c1-11-6-7-15(12(2)8-11)16(22)10-26-18-20-19-17(25-18)13-4-3-5-14(9-13)21(23)24/h3-9H,10H2,1-2H3. The molecule has 3 rings (SSSR count). The maximum atomic E-state index is 12.4. The predicted molar refractivity (Wildman–Crippen MR) is 97.4 cm³/mol. The van der Waals surface area contributed by atoms with Crippen molar-refractivity contribution in [2.24, 2.45) is 0 Å². The molecule has 132 valence electrons. The summed E-state index contributed by atoms with van der Waals surface area (Å²) in [5.41, 5.74) is 3.10. The van der Waals surface area contributed by atoms with Gasteiger partial charge in [-0.2, -0.15) is 0 Å². The highest BCUT2D eigenvalue weighted by Gasteiger charge is 2.15. The molecule has 0 aliphatic rings. The van der Waals surface area contributed by atoms with E-state index in [1.165, 1.54) is 12.1 Å². The van der Waals surface area contributed by atoms with Crippen molar-refractivity contribution in [3.63, 3.8) is 0 Å². The highest BCUT2D eigenvalue weighted by Crippen LogP contribution is 2.26. The Morgan fingerprint density at radius 3 is 2.73 bits per heavy atom. The average molecular weight is 369 g/mol. The van der Waals surface area contributed by atoms with Gasteiger partial charge in [0.1, 0.15) is 0 Å². The summed E-state index contributed by atoms with van der Waals surface area (Å²) in [7, 11) is 0. The lowest BCUT2D eigenvalue weighted by Gasteiger charge is -2.04. The zero-order valence-corrected chi connectivity index (χ0v) is 14.9. The number of ketones is 1. The molecular weight excluding hydrogens is 354 g/mol. The van der Waals surface area contributed by atoms with Crippen molar-refractivity contribution >= 4 is 23.2 Å². The normalized spacial score (nSPS) is 10.7. The first-order chi connectivity index (χ1) is 12.4. The van der Waals surface area contributed by atoms with E-state index in [1.54, 1.807) is 12.1 Å². The highest BCUT2D eigenvalue weighted by atomic mass is 32.2. The summed E-state index contributed by atoms with van der Waals surface area (Å²) >= 11 is 1.14. The van der Waals surface area contributed by atoms with E-state index in [4.69, 9.17) is 4.42 Å². The van der Waals surface area contributed by atoms with Crippen LogP contribution in [0.3, 0.4) is 0 Å². The van der Waals surface area contributed by atoms with Gasteiger partial charge < -0.3 is 4.42 Å². The summed E-state index contributed by atoms with van der Waals surface area (Å²) in [5, 5.41) is 18.9. The second-order valence-corrected chi connectivity index (χ2v) is 6.64. The Labute approximate surface area is 153 Å². The Hall–Kier alpha value is -3.00. The summed E-state index contributed by atoms with van der Waals surface area (Å²) < 4.78 is 5.51. The number of nitrogens with zero attached hydrogens (tertiary/aromatic N) is 3. The summed E-state index contributed by atoms with van der Waals surface area (Å²) in [4.78, 5) is 22.7. The number of nitro groups is 1. The molecule has 7 nitrogen and oxygen atoms in total. The van der Waals surface area contributed by atoms with E-state index in [2.05, 4.69) is 10.2 Å². The Morgan fingerprint density at radius 2 is 2.00 bits per heavy atom. The van der Waals surface area contributed by atoms with Crippen LogP contribution < -0.4 is 0 Å². The van der Waals surface area contributed by atoms with Crippen molar-refractivity contribution < 1.29 is 14.1 Å². The summed E-state index contributed by atoms with van der Waals surface area (Å²) in [6.07, 6.45) is 0. The van der Waals surface area contributed by atoms with Crippen LogP contribution in [-0.2, 0) is 0 Å². The summed E-state index contributed by atoms with van der Waals surface area (Å²) in [6.45, 7) is 3.88. The molecule has 0 saturated heterocycles. The number of benzene rings is 2. The number of aromatic nitrogens is 2. The fourth-order valence-electron chi connectivity index (χ4n) is 2.47. The van der Waals surface area contributed by atoms with Gasteiger partial charge in [-0.15, -0.1) is 10.2 Å². The van der Waals surface area contributed by atoms with Gasteiger partial charge in [0.05, 0.1) is 10.7 Å². The monoisotopic (exact) mass is 369 g/mol. The molecule has 0 amide bonds. The molecule has 0 aliphatic carbocycles. The molecule has 0 unspecified atom stereocenters. The smallest absolute Gasteiger partial charge is 0.277 e. The van der Waals surface area contributed by atoms with Gasteiger partial charge in [0.15, 0.2) is 5.78 Å². The largest absolute Gasteiger partial charge is 0.411 e. The number of hydrogen-bond donors (Lipinski definition) is 0. The van der Waals surface area contributed by atoms with Crippen LogP contribution in [0.5, 0.6) is 0 Å². The first kappa shape index (κ1) is 17.8. The lowest BCUT2D eigenvalue weighted by molar-refractivity contribution is -0.384. The van der Waals surface area contributed by atoms with Crippen LogP contribution in [0.2, 0.25) is 0 Å². The number of carbonyl (C=O) groups is 1. The van der Waals surface area contributed by atoms with Crippen LogP contribution >= 0.6 is 11.8 Å². The second-order valence-electron chi connectivity index (χ2n) is 5.71. The van der Waals surface area contributed by atoms with Crippen molar-refractivity contribution in [1.29, 1.82) is 0 Å². The maximum absolute atomic E-state index is 12.4. The molecule has 2 aromatic carbocycles. The van der Waals surface area contributed by atoms with Crippen LogP contribution in [-0.4, -0.2) is 26.7 Å². The Morgan fingerprint density at radius 1 is 1.19 bits per heavy atom. The van der Waals surface area contributed by atoms with Gasteiger partial charge in [0, 0.05) is 23.3 Å². The molecular formula is C18H15N3O4S. The number of aryl methyl sites for hydroxylation is 2. The summed E-state index contributed by atoms with van der Waals surface area (Å²) in [5.74, 6) is 0.318. The van der Waals surface area contributed by atoms with E-state index in [0.29, 0.717) is 11.1 Å². The van der Waals surface area contributed by atoms with E-state index in [1.807, 2.05) is 32.0 Å². The highest BCUT2D eigenvalue weighted by molar-refractivity contribution is 7.99. The second kappa shape index (κ2) is 7.49. The van der Waals surface area contributed by atoms with Crippen LogP contribution in [0.4, 0.5) is 5.69 Å². The third-order valence-corrected chi connectivity index (χ3v) is 4.54. The van der Waals surface area contributed by atoms with Crippen LogP contribution in [0.15, 0.2) is 52.1 Å². The first-order valence-electron chi connectivity index (χ1n) is 7.75. The fraction of sp³-hybridized carbons (Fsp3) is 0.167. The third kappa shape index (κ3) is 3.97. The number of carbonyl (C=O) groups excluding carboxylic acids is 1. The minimum atomic E-state index is -0.488. The molecule has 0 N–H and O–H groups in total. The molecule has 0 saturated carbocycles. The lowest BCUT2D eigenvalue weighted by Crippen LogP contribution is -2.04. The Bertz CT molecular complexity index is 984. The minimum Gasteiger partial charge on any atom is -0.411 e. The Balaban J connectivity index is 1.70. The SMILES string of the molecule is Cc1ccc(C(=O)CSc2nnc(-c3cccc([N+](=O)[O-])c3)o2)c(C)c1. The molecule has 1 aromatic heterocycles. The molecule has 0 spiro atoms. The molecule has 26 heavy (non-hydrogen) atoms. The van der Waals surface area contributed by atoms with E-state index in [9.17, 15) is 14.9 Å². The number of rotatable bonds is 6. The van der Waals surface area contributed by atoms with Crippen molar-refractivity contribution in [1.82, 2.24) is 10.2 Å². The zero-order valence-electron chi connectivity index (χ0n) is 14.1. The molecule has 0 fully saturated rings. The maximum Gasteiger partial charge on any atom is 0.277 e. The van der Waals surface area contributed by atoms with Gasteiger partial charge in [-0.1, -0.05) is 41.6 Å². The fourth-order valence-corrected chi connectivity index (χ4v) is 3.12. The van der Waals surface area contributed by atoms with Crippen molar-refractivity contribution in [3.05, 3.63) is 69.3 Å². The number of hydrogen-bond acceptors (Lipinski definition) is 7. The molecule has 0 radical (unpaired) electrons. The molecule has 1 heterocycles. The number of Topliss-reactive ketones (excluding diaryl/α,β-unsaturated/α-hetero) is 1. The number of thioether (sulfide) groups is 1. The average Bonchev–Trinajstić information content (AvgIpc) is 3.09. The molecule has 0 aliphatic heterocycles. The van der Waals surface area contributed by atoms with Crippen LogP contribution in [0, 0.1) is 24.0 Å². The van der Waals surface area contributed by atoms with Gasteiger partial charge in [-0.05, 0) is 25.5 Å². The molecule has 0 atom stereocenters.